The summed E-state index contributed by atoms with van der Waals surface area (Å²) in [4.78, 5) is 4.07. The molecule has 0 bridgehead atoms. The Labute approximate surface area is 59.9 Å². The molecule has 0 radical (unpaired) electrons. The van der Waals surface area contributed by atoms with Gasteiger partial charge in [0.05, 0.1) is 6.20 Å². The summed E-state index contributed by atoms with van der Waals surface area (Å²) in [6, 6.07) is 0. The highest BCUT2D eigenvalue weighted by atomic mass is 15.1. The van der Waals surface area contributed by atoms with E-state index in [4.69, 9.17) is 0 Å². The van der Waals surface area contributed by atoms with Crippen molar-refractivity contribution in [3.05, 3.63) is 24.2 Å². The van der Waals surface area contributed by atoms with Gasteiger partial charge in [0.2, 0.25) is 0 Å². The fourth-order valence-corrected chi connectivity index (χ4v) is 0.576. The molecule has 0 N–H and O–H groups in total. The first-order valence-electron chi connectivity index (χ1n) is 3.17. The minimum absolute atomic E-state index is 0.643. The van der Waals surface area contributed by atoms with Crippen LogP contribution >= 0.6 is 0 Å². The maximum atomic E-state index is 4.07. The minimum atomic E-state index is 0.643. The van der Waals surface area contributed by atoms with Gasteiger partial charge >= 0.3 is 0 Å². The third kappa shape index (κ3) is 1.37. The van der Waals surface area contributed by atoms with Crippen LogP contribution in [0.2, 0.25) is 0 Å². The van der Waals surface area contributed by atoms with Crippen molar-refractivity contribution in [1.82, 2.24) is 0 Å². The number of azo groups is 1. The Morgan fingerprint density at radius 2 is 2.60 bits per heavy atom. The number of aliphatic imine (C=N–C) groups is 1. The molecule has 0 saturated heterocycles. The van der Waals surface area contributed by atoms with E-state index in [1.54, 1.807) is 6.20 Å². The molecule has 1 rings (SSSR count). The van der Waals surface area contributed by atoms with E-state index in [1.807, 2.05) is 13.1 Å². The monoisotopic (exact) mass is 135 g/mol. The highest BCUT2D eigenvalue weighted by Crippen LogP contribution is 2.16. The first-order valence-corrected chi connectivity index (χ1v) is 3.17. The number of rotatable bonds is 2. The van der Waals surface area contributed by atoms with Crippen molar-refractivity contribution < 1.29 is 0 Å². The lowest BCUT2D eigenvalue weighted by molar-refractivity contribution is 1.21. The second-order valence-corrected chi connectivity index (χ2v) is 1.90. The van der Waals surface area contributed by atoms with Gasteiger partial charge in [-0.3, -0.25) is 4.99 Å². The largest absolute Gasteiger partial charge is 0.257 e. The minimum Gasteiger partial charge on any atom is -0.257 e. The molecule has 0 aromatic rings. The summed E-state index contributed by atoms with van der Waals surface area (Å²) in [6.45, 7) is 5.67. The first-order chi connectivity index (χ1) is 4.84. The molecule has 3 heteroatoms. The molecule has 1 aliphatic rings. The van der Waals surface area contributed by atoms with Gasteiger partial charge in [0.15, 0.2) is 0 Å². The van der Waals surface area contributed by atoms with Crippen LogP contribution in [0.1, 0.15) is 13.3 Å². The summed E-state index contributed by atoms with van der Waals surface area (Å²) in [5.74, 6) is 0. The Balaban J connectivity index is 2.60. The van der Waals surface area contributed by atoms with E-state index in [1.165, 1.54) is 0 Å². The van der Waals surface area contributed by atoms with E-state index in [-0.39, 0.29) is 0 Å². The molecule has 52 valence electrons. The molecule has 0 spiro atoms. The highest BCUT2D eigenvalue weighted by Gasteiger charge is 2.02. The Hall–Kier alpha value is -1.25. The summed E-state index contributed by atoms with van der Waals surface area (Å²) in [5, 5.41) is 7.34. The van der Waals surface area contributed by atoms with Crippen LogP contribution in [0.5, 0.6) is 0 Å². The normalized spacial score (nSPS) is 16.9. The SMILES string of the molecule is C=C1N=NC=C1N=CCC. The third-order valence-corrected chi connectivity index (χ3v) is 1.07. The van der Waals surface area contributed by atoms with Crippen LogP contribution in [0.3, 0.4) is 0 Å². The zero-order chi connectivity index (χ0) is 7.40. The molecule has 1 aliphatic heterocycles. The molecule has 10 heavy (non-hydrogen) atoms. The molecular formula is C7H9N3. The Bertz CT molecular complexity index is 223. The average molecular weight is 135 g/mol. The maximum absolute atomic E-state index is 4.07. The second kappa shape index (κ2) is 3.06. The number of nitrogens with zero attached hydrogens (tertiary/aromatic N) is 3. The summed E-state index contributed by atoms with van der Waals surface area (Å²) in [5.41, 5.74) is 1.41. The molecule has 0 unspecified atom stereocenters. The van der Waals surface area contributed by atoms with Gasteiger partial charge in [-0.2, -0.15) is 5.11 Å². The zero-order valence-electron chi connectivity index (χ0n) is 5.91. The van der Waals surface area contributed by atoms with Crippen molar-refractivity contribution in [2.45, 2.75) is 13.3 Å². The molecule has 0 amide bonds. The molecule has 0 aromatic carbocycles. The van der Waals surface area contributed by atoms with Crippen LogP contribution in [0.15, 0.2) is 39.4 Å². The van der Waals surface area contributed by atoms with Crippen molar-refractivity contribution in [2.75, 3.05) is 0 Å². The summed E-state index contributed by atoms with van der Waals surface area (Å²) in [7, 11) is 0. The van der Waals surface area contributed by atoms with Crippen LogP contribution in [0, 0.1) is 0 Å². The second-order valence-electron chi connectivity index (χ2n) is 1.90. The fourth-order valence-electron chi connectivity index (χ4n) is 0.576. The molecule has 0 aliphatic carbocycles. The molecule has 0 aromatic heterocycles. The van der Waals surface area contributed by atoms with E-state index in [2.05, 4.69) is 21.8 Å². The first kappa shape index (κ1) is 6.86. The molecule has 1 heterocycles. The molecule has 0 fully saturated rings. The van der Waals surface area contributed by atoms with E-state index < -0.39 is 0 Å². The third-order valence-electron chi connectivity index (χ3n) is 1.07. The van der Waals surface area contributed by atoms with E-state index in [9.17, 15) is 0 Å². The molecule has 3 nitrogen and oxygen atoms in total. The lowest BCUT2D eigenvalue weighted by Gasteiger charge is -1.88. The van der Waals surface area contributed by atoms with Gasteiger partial charge in [0.25, 0.3) is 0 Å². The van der Waals surface area contributed by atoms with Crippen LogP contribution in [-0.4, -0.2) is 6.21 Å². The van der Waals surface area contributed by atoms with Crippen molar-refractivity contribution >= 4 is 6.21 Å². The molecular weight excluding hydrogens is 126 g/mol. The van der Waals surface area contributed by atoms with Gasteiger partial charge in [0, 0.05) is 6.21 Å². The van der Waals surface area contributed by atoms with E-state index >= 15 is 0 Å². The Morgan fingerprint density at radius 1 is 1.80 bits per heavy atom. The van der Waals surface area contributed by atoms with Crippen LogP contribution < -0.4 is 0 Å². The van der Waals surface area contributed by atoms with Gasteiger partial charge in [0.1, 0.15) is 11.4 Å². The predicted octanol–water partition coefficient (Wildman–Crippen LogP) is 2.29. The van der Waals surface area contributed by atoms with Crippen LogP contribution in [0.25, 0.3) is 0 Å². The fraction of sp³-hybridized carbons (Fsp3) is 0.286. The van der Waals surface area contributed by atoms with Gasteiger partial charge in [-0.15, -0.1) is 5.11 Å². The van der Waals surface area contributed by atoms with E-state index in [0.29, 0.717) is 5.70 Å². The van der Waals surface area contributed by atoms with Crippen LogP contribution in [-0.2, 0) is 0 Å². The summed E-state index contributed by atoms with van der Waals surface area (Å²) in [6.07, 6.45) is 4.34. The van der Waals surface area contributed by atoms with Gasteiger partial charge in [-0.1, -0.05) is 13.5 Å². The Morgan fingerprint density at radius 3 is 3.10 bits per heavy atom. The average Bonchev–Trinajstić information content (AvgIpc) is 2.31. The lowest BCUT2D eigenvalue weighted by atomic mass is 10.4. The van der Waals surface area contributed by atoms with Crippen molar-refractivity contribution in [1.29, 1.82) is 0 Å². The van der Waals surface area contributed by atoms with E-state index in [0.717, 1.165) is 12.1 Å². The van der Waals surface area contributed by atoms with Crippen molar-refractivity contribution in [3.63, 3.8) is 0 Å². The zero-order valence-corrected chi connectivity index (χ0v) is 5.91. The van der Waals surface area contributed by atoms with Gasteiger partial charge in [-0.05, 0) is 6.42 Å². The van der Waals surface area contributed by atoms with Gasteiger partial charge < -0.3 is 0 Å². The standard InChI is InChI=1S/C7H9N3/c1-3-4-8-7-5-9-10-6(7)2/h4-5H,2-3H2,1H3. The predicted molar refractivity (Wildman–Crippen MR) is 40.9 cm³/mol. The van der Waals surface area contributed by atoms with Gasteiger partial charge in [-0.25, -0.2) is 0 Å². The highest BCUT2D eigenvalue weighted by molar-refractivity contribution is 5.59. The Kier molecular flexibility index (Phi) is 2.10. The smallest absolute Gasteiger partial charge is 0.110 e. The summed E-state index contributed by atoms with van der Waals surface area (Å²) < 4.78 is 0. The van der Waals surface area contributed by atoms with Crippen LogP contribution in [0.4, 0.5) is 0 Å². The summed E-state index contributed by atoms with van der Waals surface area (Å²) >= 11 is 0. The number of hydrogen-bond acceptors (Lipinski definition) is 3. The lowest BCUT2D eigenvalue weighted by Crippen LogP contribution is -1.76. The number of hydrogen-bond donors (Lipinski definition) is 0. The van der Waals surface area contributed by atoms with Crippen molar-refractivity contribution in [3.8, 4) is 0 Å². The quantitative estimate of drug-likeness (QED) is 0.521. The maximum Gasteiger partial charge on any atom is 0.110 e. The topological polar surface area (TPSA) is 37.1 Å². The molecule has 0 atom stereocenters. The van der Waals surface area contributed by atoms with Crippen molar-refractivity contribution in [2.24, 2.45) is 15.2 Å². The molecule has 0 saturated carbocycles.